The van der Waals surface area contributed by atoms with Gasteiger partial charge in [-0.05, 0) is 13.3 Å². The Balaban J connectivity index is 1.98. The average Bonchev–Trinajstić information content (AvgIpc) is 3.04. The maximum Gasteiger partial charge on any atom is 0.258 e. The second-order valence-electron chi connectivity index (χ2n) is 5.79. The standard InChI is InChI=1S/C19H21N3O/c1-3-8-16-11-7-12-22(16)19(23)17-13-20-14(2)21-18(17)15-9-5-4-6-10-15/h4-7,9-11,13,16H,3,8,12H2,1-2H3. The van der Waals surface area contributed by atoms with E-state index in [0.29, 0.717) is 23.6 Å². The van der Waals surface area contributed by atoms with Crippen molar-refractivity contribution >= 4 is 5.91 Å². The van der Waals surface area contributed by atoms with E-state index in [0.717, 1.165) is 18.4 Å². The molecule has 4 heteroatoms. The number of rotatable bonds is 4. The average molecular weight is 307 g/mol. The molecule has 0 aliphatic carbocycles. The van der Waals surface area contributed by atoms with Crippen LogP contribution in [0.4, 0.5) is 0 Å². The first-order valence-electron chi connectivity index (χ1n) is 8.07. The van der Waals surface area contributed by atoms with Gasteiger partial charge in [-0.3, -0.25) is 4.79 Å². The Kier molecular flexibility index (Phi) is 4.51. The Morgan fingerprint density at radius 1 is 1.30 bits per heavy atom. The highest BCUT2D eigenvalue weighted by atomic mass is 16.2. The Labute approximate surface area is 136 Å². The van der Waals surface area contributed by atoms with Gasteiger partial charge >= 0.3 is 0 Å². The van der Waals surface area contributed by atoms with Crippen molar-refractivity contribution in [3.05, 3.63) is 60.1 Å². The lowest BCUT2D eigenvalue weighted by molar-refractivity contribution is 0.0744. The number of hydrogen-bond donors (Lipinski definition) is 0. The lowest BCUT2D eigenvalue weighted by Crippen LogP contribution is -2.36. The van der Waals surface area contributed by atoms with Crippen molar-refractivity contribution in [2.75, 3.05) is 6.54 Å². The molecule has 118 valence electrons. The minimum absolute atomic E-state index is 0.00676. The van der Waals surface area contributed by atoms with Crippen LogP contribution in [0.5, 0.6) is 0 Å². The molecule has 3 rings (SSSR count). The van der Waals surface area contributed by atoms with Crippen molar-refractivity contribution in [1.82, 2.24) is 14.9 Å². The SMILES string of the molecule is CCCC1C=CCN1C(=O)c1cnc(C)nc1-c1ccccc1. The molecule has 0 saturated carbocycles. The normalized spacial score (nSPS) is 16.8. The van der Waals surface area contributed by atoms with E-state index in [4.69, 9.17) is 0 Å². The van der Waals surface area contributed by atoms with Crippen LogP contribution in [0.3, 0.4) is 0 Å². The maximum absolute atomic E-state index is 13.0. The van der Waals surface area contributed by atoms with Gasteiger partial charge in [-0.25, -0.2) is 9.97 Å². The summed E-state index contributed by atoms with van der Waals surface area (Å²) < 4.78 is 0. The van der Waals surface area contributed by atoms with Crippen molar-refractivity contribution in [3.63, 3.8) is 0 Å². The molecule has 0 saturated heterocycles. The van der Waals surface area contributed by atoms with Crippen LogP contribution in [-0.4, -0.2) is 33.4 Å². The summed E-state index contributed by atoms with van der Waals surface area (Å²) in [5.41, 5.74) is 2.23. The van der Waals surface area contributed by atoms with Crippen molar-refractivity contribution < 1.29 is 4.79 Å². The summed E-state index contributed by atoms with van der Waals surface area (Å²) in [4.78, 5) is 23.7. The molecule has 1 atom stereocenters. The van der Waals surface area contributed by atoms with E-state index in [2.05, 4.69) is 29.0 Å². The quantitative estimate of drug-likeness (QED) is 0.810. The number of aromatic nitrogens is 2. The Morgan fingerprint density at radius 3 is 2.83 bits per heavy atom. The van der Waals surface area contributed by atoms with Crippen LogP contribution in [-0.2, 0) is 0 Å². The summed E-state index contributed by atoms with van der Waals surface area (Å²) in [6, 6.07) is 10.0. The molecule has 0 radical (unpaired) electrons. The van der Waals surface area contributed by atoms with E-state index < -0.39 is 0 Å². The Hall–Kier alpha value is -2.49. The molecular weight excluding hydrogens is 286 g/mol. The molecule has 1 unspecified atom stereocenters. The van der Waals surface area contributed by atoms with Crippen LogP contribution in [0.15, 0.2) is 48.7 Å². The number of amides is 1. The molecule has 1 aliphatic rings. The first-order valence-corrected chi connectivity index (χ1v) is 8.07. The van der Waals surface area contributed by atoms with Crippen molar-refractivity contribution in [1.29, 1.82) is 0 Å². The topological polar surface area (TPSA) is 46.1 Å². The fourth-order valence-electron chi connectivity index (χ4n) is 2.95. The molecule has 0 spiro atoms. The van der Waals surface area contributed by atoms with Crippen LogP contribution < -0.4 is 0 Å². The molecular formula is C19H21N3O. The first kappa shape index (κ1) is 15.4. The van der Waals surface area contributed by atoms with E-state index in [-0.39, 0.29) is 11.9 Å². The molecule has 1 aromatic heterocycles. The van der Waals surface area contributed by atoms with Crippen LogP contribution in [0.1, 0.15) is 35.9 Å². The highest BCUT2D eigenvalue weighted by Gasteiger charge is 2.27. The van der Waals surface area contributed by atoms with Gasteiger partial charge in [0.05, 0.1) is 17.3 Å². The largest absolute Gasteiger partial charge is 0.328 e. The fourth-order valence-corrected chi connectivity index (χ4v) is 2.95. The van der Waals surface area contributed by atoms with Gasteiger partial charge in [0.1, 0.15) is 5.82 Å². The summed E-state index contributed by atoms with van der Waals surface area (Å²) in [6.45, 7) is 4.64. The molecule has 1 amide bonds. The van der Waals surface area contributed by atoms with Crippen LogP contribution in [0.25, 0.3) is 11.3 Å². The molecule has 1 aliphatic heterocycles. The van der Waals surface area contributed by atoms with Crippen molar-refractivity contribution in [3.8, 4) is 11.3 Å². The molecule has 1 aromatic carbocycles. The van der Waals surface area contributed by atoms with Gasteiger partial charge < -0.3 is 4.90 Å². The number of aryl methyl sites for hydroxylation is 1. The third-order valence-electron chi connectivity index (χ3n) is 4.09. The third kappa shape index (κ3) is 3.16. The van der Waals surface area contributed by atoms with E-state index in [1.807, 2.05) is 42.2 Å². The zero-order chi connectivity index (χ0) is 16.2. The lowest BCUT2D eigenvalue weighted by atomic mass is 10.1. The number of carbonyl (C=O) groups excluding carboxylic acids is 1. The zero-order valence-electron chi connectivity index (χ0n) is 13.6. The van der Waals surface area contributed by atoms with Gasteiger partial charge in [0, 0.05) is 18.3 Å². The second kappa shape index (κ2) is 6.73. The molecule has 0 N–H and O–H groups in total. The molecule has 2 aromatic rings. The van der Waals surface area contributed by atoms with Gasteiger partial charge in [-0.1, -0.05) is 55.8 Å². The fraction of sp³-hybridized carbons (Fsp3) is 0.316. The van der Waals surface area contributed by atoms with E-state index >= 15 is 0 Å². The highest BCUT2D eigenvalue weighted by molar-refractivity contribution is 6.00. The number of benzene rings is 1. The van der Waals surface area contributed by atoms with Gasteiger partial charge in [-0.15, -0.1) is 0 Å². The monoisotopic (exact) mass is 307 g/mol. The summed E-state index contributed by atoms with van der Waals surface area (Å²) in [6.07, 6.45) is 7.88. The summed E-state index contributed by atoms with van der Waals surface area (Å²) >= 11 is 0. The Bertz CT molecular complexity index is 725. The molecule has 0 fully saturated rings. The van der Waals surface area contributed by atoms with E-state index in [9.17, 15) is 4.79 Å². The van der Waals surface area contributed by atoms with Gasteiger partial charge in [-0.2, -0.15) is 0 Å². The first-order chi connectivity index (χ1) is 11.2. The van der Waals surface area contributed by atoms with Gasteiger partial charge in [0.15, 0.2) is 0 Å². The molecule has 23 heavy (non-hydrogen) atoms. The summed E-state index contributed by atoms with van der Waals surface area (Å²) in [5, 5.41) is 0. The van der Waals surface area contributed by atoms with E-state index in [1.165, 1.54) is 0 Å². The van der Waals surface area contributed by atoms with Crippen LogP contribution in [0.2, 0.25) is 0 Å². The molecule has 4 nitrogen and oxygen atoms in total. The lowest BCUT2D eigenvalue weighted by Gasteiger charge is -2.25. The number of hydrogen-bond acceptors (Lipinski definition) is 3. The highest BCUT2D eigenvalue weighted by Crippen LogP contribution is 2.25. The van der Waals surface area contributed by atoms with Crippen LogP contribution in [0, 0.1) is 6.92 Å². The maximum atomic E-state index is 13.0. The van der Waals surface area contributed by atoms with Crippen LogP contribution >= 0.6 is 0 Å². The summed E-state index contributed by atoms with van der Waals surface area (Å²) in [5.74, 6) is 0.678. The summed E-state index contributed by atoms with van der Waals surface area (Å²) in [7, 11) is 0. The van der Waals surface area contributed by atoms with E-state index in [1.54, 1.807) is 6.20 Å². The van der Waals surface area contributed by atoms with Gasteiger partial charge in [0.25, 0.3) is 5.91 Å². The molecule has 2 heterocycles. The second-order valence-corrected chi connectivity index (χ2v) is 5.79. The zero-order valence-corrected chi connectivity index (χ0v) is 13.6. The smallest absolute Gasteiger partial charge is 0.258 e. The Morgan fingerprint density at radius 2 is 2.09 bits per heavy atom. The predicted molar refractivity (Wildman–Crippen MR) is 91.1 cm³/mol. The number of carbonyl (C=O) groups is 1. The molecule has 0 bridgehead atoms. The minimum Gasteiger partial charge on any atom is -0.328 e. The number of nitrogens with zero attached hydrogens (tertiary/aromatic N) is 3. The van der Waals surface area contributed by atoms with Crippen molar-refractivity contribution in [2.24, 2.45) is 0 Å². The predicted octanol–water partition coefficient (Wildman–Crippen LogP) is 3.63. The third-order valence-corrected chi connectivity index (χ3v) is 4.09. The van der Waals surface area contributed by atoms with Gasteiger partial charge in [0.2, 0.25) is 0 Å². The minimum atomic E-state index is 0.00676. The van der Waals surface area contributed by atoms with Crippen molar-refractivity contribution in [2.45, 2.75) is 32.7 Å².